The lowest BCUT2D eigenvalue weighted by Gasteiger charge is -2.28. The van der Waals surface area contributed by atoms with E-state index >= 15 is 0 Å². The lowest BCUT2D eigenvalue weighted by molar-refractivity contribution is -0.147. The maximum absolute atomic E-state index is 11.7. The largest absolute Gasteiger partial charge is 0.468 e. The summed E-state index contributed by atoms with van der Waals surface area (Å²) < 4.78 is 9.95. The number of esters is 1. The second kappa shape index (κ2) is 6.07. The fraction of sp³-hybridized carbons (Fsp3) is 0.636. The lowest BCUT2D eigenvalue weighted by atomic mass is 9.96. The van der Waals surface area contributed by atoms with E-state index in [4.69, 9.17) is 9.15 Å². The number of carbonyl (C=O) groups is 1. The highest BCUT2D eigenvalue weighted by Gasteiger charge is 2.34. The normalized spacial score (nSPS) is 16.2. The molecule has 2 atom stereocenters. The third-order valence-corrected chi connectivity index (χ3v) is 3.57. The van der Waals surface area contributed by atoms with Gasteiger partial charge >= 0.3 is 5.97 Å². The average Bonchev–Trinajstić information content (AvgIpc) is 2.80. The van der Waals surface area contributed by atoms with Crippen LogP contribution in [0.4, 0.5) is 0 Å². The highest BCUT2D eigenvalue weighted by atomic mass is 32.2. The van der Waals surface area contributed by atoms with Gasteiger partial charge in [0.2, 0.25) is 0 Å². The molecule has 0 radical (unpaired) electrons. The van der Waals surface area contributed by atoms with Crippen molar-refractivity contribution >= 4 is 17.7 Å². The summed E-state index contributed by atoms with van der Waals surface area (Å²) in [5, 5.41) is 3.80. The Morgan fingerprint density at radius 2 is 2.47 bits per heavy atom. The van der Waals surface area contributed by atoms with Crippen molar-refractivity contribution in [1.29, 1.82) is 0 Å². The Labute approximate surface area is 105 Å². The van der Waals surface area contributed by atoms with E-state index in [1.54, 1.807) is 13.2 Å². The van der Waals surface area contributed by atoms with Crippen LogP contribution in [0.25, 0.3) is 0 Å². The number of thioether (sulfide) groups is 1. The van der Waals surface area contributed by atoms with E-state index in [2.05, 4.69) is 10.3 Å². The molecule has 0 aliphatic rings. The molecule has 1 N–H and O–H groups in total. The highest BCUT2D eigenvalue weighted by molar-refractivity contribution is 7.99. The maximum atomic E-state index is 11.7. The third-order valence-electron chi connectivity index (χ3n) is 2.60. The van der Waals surface area contributed by atoms with Crippen molar-refractivity contribution in [3.8, 4) is 0 Å². The monoisotopic (exact) mass is 258 g/mol. The number of methoxy groups -OCH3 is 1. The molecule has 1 rings (SSSR count). The van der Waals surface area contributed by atoms with Crippen molar-refractivity contribution in [1.82, 2.24) is 10.3 Å². The van der Waals surface area contributed by atoms with Gasteiger partial charge in [0.15, 0.2) is 0 Å². The van der Waals surface area contributed by atoms with E-state index in [1.807, 2.05) is 13.8 Å². The predicted molar refractivity (Wildman–Crippen MR) is 65.9 cm³/mol. The second-order valence-electron chi connectivity index (χ2n) is 4.00. The molecular formula is C11H18N2O3S. The van der Waals surface area contributed by atoms with E-state index in [0.717, 1.165) is 0 Å². The molecule has 1 aromatic rings. The first-order valence-electron chi connectivity index (χ1n) is 5.35. The minimum Gasteiger partial charge on any atom is -0.468 e. The van der Waals surface area contributed by atoms with Gasteiger partial charge in [-0.15, -0.1) is 0 Å². The fourth-order valence-electron chi connectivity index (χ4n) is 1.57. The molecule has 0 spiro atoms. The summed E-state index contributed by atoms with van der Waals surface area (Å²) in [6.45, 7) is 3.85. The molecule has 2 unspecified atom stereocenters. The van der Waals surface area contributed by atoms with Gasteiger partial charge in [0.25, 0.3) is 5.22 Å². The summed E-state index contributed by atoms with van der Waals surface area (Å²) in [4.78, 5) is 15.7. The zero-order valence-electron chi connectivity index (χ0n) is 10.5. The van der Waals surface area contributed by atoms with E-state index < -0.39 is 5.54 Å². The van der Waals surface area contributed by atoms with Crippen molar-refractivity contribution in [3.05, 3.63) is 12.5 Å². The van der Waals surface area contributed by atoms with Crippen molar-refractivity contribution in [2.45, 2.75) is 36.3 Å². The van der Waals surface area contributed by atoms with E-state index in [1.165, 1.54) is 25.1 Å². The molecule has 0 bridgehead atoms. The Balaban J connectivity index is 2.59. The quantitative estimate of drug-likeness (QED) is 0.619. The number of oxazole rings is 1. The topological polar surface area (TPSA) is 64.4 Å². The summed E-state index contributed by atoms with van der Waals surface area (Å²) in [5.41, 5.74) is -0.687. The zero-order chi connectivity index (χ0) is 12.9. The second-order valence-corrected chi connectivity index (χ2v) is 5.39. The lowest BCUT2D eigenvalue weighted by Crippen LogP contribution is -2.49. The zero-order valence-corrected chi connectivity index (χ0v) is 11.3. The molecule has 0 saturated heterocycles. The van der Waals surface area contributed by atoms with E-state index in [-0.39, 0.29) is 11.2 Å². The number of nitrogens with one attached hydrogen (secondary N) is 1. The molecule has 0 saturated carbocycles. The molecular weight excluding hydrogens is 240 g/mol. The van der Waals surface area contributed by atoms with Crippen LogP contribution in [-0.2, 0) is 9.53 Å². The molecule has 6 heteroatoms. The van der Waals surface area contributed by atoms with E-state index in [9.17, 15) is 4.79 Å². The summed E-state index contributed by atoms with van der Waals surface area (Å²) in [7, 11) is 3.14. The van der Waals surface area contributed by atoms with Gasteiger partial charge in [0.05, 0.1) is 13.3 Å². The number of ether oxygens (including phenoxy) is 1. The summed E-state index contributed by atoms with van der Waals surface area (Å²) in [6.07, 6.45) is 3.77. The Morgan fingerprint density at radius 1 is 1.76 bits per heavy atom. The number of nitrogens with zero attached hydrogens (tertiary/aromatic N) is 1. The van der Waals surface area contributed by atoms with Crippen molar-refractivity contribution in [2.24, 2.45) is 0 Å². The fourth-order valence-corrected chi connectivity index (χ4v) is 2.56. The van der Waals surface area contributed by atoms with Crippen molar-refractivity contribution in [3.63, 3.8) is 0 Å². The highest BCUT2D eigenvalue weighted by Crippen LogP contribution is 2.27. The van der Waals surface area contributed by atoms with Gasteiger partial charge in [-0.1, -0.05) is 18.7 Å². The molecule has 1 heterocycles. The SMILES string of the molecule is CNC(C)(CC(C)Sc1ncco1)C(=O)OC. The first kappa shape index (κ1) is 14.1. The summed E-state index contributed by atoms with van der Waals surface area (Å²) in [6, 6.07) is 0. The first-order chi connectivity index (χ1) is 8.01. The van der Waals surface area contributed by atoms with Crippen LogP contribution in [0.2, 0.25) is 0 Å². The van der Waals surface area contributed by atoms with Crippen LogP contribution in [0.15, 0.2) is 22.1 Å². The van der Waals surface area contributed by atoms with Gasteiger partial charge < -0.3 is 14.5 Å². The Kier molecular flexibility index (Phi) is 5.02. The predicted octanol–water partition coefficient (Wildman–Crippen LogP) is 1.70. The van der Waals surface area contributed by atoms with Crippen LogP contribution in [0.1, 0.15) is 20.3 Å². The molecule has 0 amide bonds. The molecule has 1 aromatic heterocycles. The van der Waals surface area contributed by atoms with Crippen LogP contribution < -0.4 is 5.32 Å². The molecule has 96 valence electrons. The molecule has 0 fully saturated rings. The number of hydrogen-bond acceptors (Lipinski definition) is 6. The molecule has 0 aliphatic heterocycles. The number of hydrogen-bond donors (Lipinski definition) is 1. The maximum Gasteiger partial charge on any atom is 0.325 e. The van der Waals surface area contributed by atoms with E-state index in [0.29, 0.717) is 11.6 Å². The van der Waals surface area contributed by atoms with Crippen LogP contribution in [0, 0.1) is 0 Å². The molecule has 17 heavy (non-hydrogen) atoms. The minimum absolute atomic E-state index is 0.185. The van der Waals surface area contributed by atoms with Gasteiger partial charge in [0.1, 0.15) is 11.8 Å². The number of aromatic nitrogens is 1. The standard InChI is InChI=1S/C11H18N2O3S/c1-8(17-10-13-5-6-16-10)7-11(2,12-3)9(14)15-4/h5-6,8,12H,7H2,1-4H3. The van der Waals surface area contributed by atoms with Gasteiger partial charge in [-0.2, -0.15) is 0 Å². The number of carbonyl (C=O) groups excluding carboxylic acids is 1. The molecule has 5 nitrogen and oxygen atoms in total. The van der Waals surface area contributed by atoms with Crippen molar-refractivity contribution < 1.29 is 13.9 Å². The Morgan fingerprint density at radius 3 is 2.94 bits per heavy atom. The van der Waals surface area contributed by atoms with Crippen LogP contribution in [0.3, 0.4) is 0 Å². The number of likely N-dealkylation sites (N-methyl/N-ethyl adjacent to an activating group) is 1. The summed E-state index contributed by atoms with van der Waals surface area (Å²) in [5.74, 6) is -0.264. The Hall–Kier alpha value is -1.01. The number of rotatable bonds is 6. The minimum atomic E-state index is -0.687. The van der Waals surface area contributed by atoms with Crippen LogP contribution in [0.5, 0.6) is 0 Å². The van der Waals surface area contributed by atoms with Gasteiger partial charge in [-0.25, -0.2) is 4.98 Å². The smallest absolute Gasteiger partial charge is 0.325 e. The average molecular weight is 258 g/mol. The van der Waals surface area contributed by atoms with Gasteiger partial charge in [-0.05, 0) is 20.4 Å². The van der Waals surface area contributed by atoms with Crippen molar-refractivity contribution in [2.75, 3.05) is 14.2 Å². The Bertz CT molecular complexity index is 356. The van der Waals surface area contributed by atoms with Crippen LogP contribution in [-0.4, -0.2) is 35.9 Å². The summed E-state index contributed by atoms with van der Waals surface area (Å²) >= 11 is 1.49. The third kappa shape index (κ3) is 3.74. The molecule has 0 aromatic carbocycles. The molecule has 0 aliphatic carbocycles. The van der Waals surface area contributed by atoms with Gasteiger partial charge in [-0.3, -0.25) is 4.79 Å². The van der Waals surface area contributed by atoms with Gasteiger partial charge in [0, 0.05) is 5.25 Å². The van der Waals surface area contributed by atoms with Crippen LogP contribution >= 0.6 is 11.8 Å². The first-order valence-corrected chi connectivity index (χ1v) is 6.23.